The fourth-order valence-corrected chi connectivity index (χ4v) is 2.90. The van der Waals surface area contributed by atoms with E-state index >= 15 is 0 Å². The molecule has 0 aliphatic carbocycles. The van der Waals surface area contributed by atoms with Crippen LogP contribution in [0.1, 0.15) is 12.5 Å². The first kappa shape index (κ1) is 15.5. The van der Waals surface area contributed by atoms with Crippen LogP contribution in [0.2, 0.25) is 0 Å². The van der Waals surface area contributed by atoms with Gasteiger partial charge in [-0.05, 0) is 40.5 Å². The molecule has 18 heavy (non-hydrogen) atoms. The highest BCUT2D eigenvalue weighted by molar-refractivity contribution is 9.10. The predicted octanol–water partition coefficient (Wildman–Crippen LogP) is 2.02. The molecule has 0 spiro atoms. The fraction of sp³-hybridized carbons (Fsp3) is 0.500. The number of benzene rings is 1. The molecule has 0 fully saturated rings. The van der Waals surface area contributed by atoms with Crippen molar-refractivity contribution in [2.24, 2.45) is 0 Å². The van der Waals surface area contributed by atoms with Crippen LogP contribution in [0.3, 0.4) is 0 Å². The third kappa shape index (κ3) is 4.59. The van der Waals surface area contributed by atoms with E-state index in [-0.39, 0.29) is 11.8 Å². The molecule has 0 amide bonds. The van der Waals surface area contributed by atoms with Gasteiger partial charge in [-0.1, -0.05) is 0 Å². The zero-order valence-corrected chi connectivity index (χ0v) is 13.1. The van der Waals surface area contributed by atoms with Crippen LogP contribution in [-0.4, -0.2) is 34.5 Å². The second-order valence-electron chi connectivity index (χ2n) is 4.15. The van der Waals surface area contributed by atoms with Gasteiger partial charge in [-0.15, -0.1) is 0 Å². The van der Waals surface area contributed by atoms with Crippen molar-refractivity contribution in [2.45, 2.75) is 19.5 Å². The molecule has 0 bridgehead atoms. The summed E-state index contributed by atoms with van der Waals surface area (Å²) in [4.78, 5) is 0. The van der Waals surface area contributed by atoms with Gasteiger partial charge in [0.15, 0.2) is 11.5 Å². The molecule has 1 aromatic rings. The lowest BCUT2D eigenvalue weighted by Crippen LogP contribution is -2.30. The number of nitrogens with one attached hydrogen (secondary N) is 1. The minimum absolute atomic E-state index is 0.101. The molecule has 2 unspecified atom stereocenters. The summed E-state index contributed by atoms with van der Waals surface area (Å²) in [5.41, 5.74) is 0.991. The minimum Gasteiger partial charge on any atom is -0.503 e. The van der Waals surface area contributed by atoms with Crippen LogP contribution >= 0.6 is 15.9 Å². The first-order valence-corrected chi connectivity index (χ1v) is 8.04. The van der Waals surface area contributed by atoms with Gasteiger partial charge in [-0.3, -0.25) is 4.21 Å². The Morgan fingerprint density at radius 1 is 1.56 bits per heavy atom. The Morgan fingerprint density at radius 2 is 2.22 bits per heavy atom. The highest BCUT2D eigenvalue weighted by atomic mass is 79.9. The summed E-state index contributed by atoms with van der Waals surface area (Å²) in [7, 11) is 0.711. The van der Waals surface area contributed by atoms with Crippen molar-refractivity contribution in [3.63, 3.8) is 0 Å². The predicted molar refractivity (Wildman–Crippen MR) is 77.6 cm³/mol. The van der Waals surface area contributed by atoms with Crippen molar-refractivity contribution in [3.05, 3.63) is 22.2 Å². The third-order valence-corrected chi connectivity index (χ3v) is 4.02. The monoisotopic (exact) mass is 335 g/mol. The van der Waals surface area contributed by atoms with Crippen LogP contribution in [0.4, 0.5) is 0 Å². The summed E-state index contributed by atoms with van der Waals surface area (Å²) in [5, 5.41) is 13.0. The van der Waals surface area contributed by atoms with Crippen LogP contribution in [0.15, 0.2) is 16.6 Å². The van der Waals surface area contributed by atoms with E-state index in [1.807, 2.05) is 13.0 Å². The lowest BCUT2D eigenvalue weighted by Gasteiger charge is -2.14. The maximum Gasteiger partial charge on any atom is 0.172 e. The normalized spacial score (nSPS) is 14.2. The molecule has 0 heterocycles. The third-order valence-electron chi connectivity index (χ3n) is 2.45. The van der Waals surface area contributed by atoms with Crippen molar-refractivity contribution in [3.8, 4) is 11.5 Å². The Labute approximate surface area is 118 Å². The highest BCUT2D eigenvalue weighted by Crippen LogP contribution is 2.35. The van der Waals surface area contributed by atoms with Crippen molar-refractivity contribution < 1.29 is 14.1 Å². The second kappa shape index (κ2) is 7.11. The first-order valence-electron chi connectivity index (χ1n) is 5.52. The van der Waals surface area contributed by atoms with Crippen LogP contribution in [-0.2, 0) is 17.3 Å². The fourth-order valence-electron chi connectivity index (χ4n) is 1.59. The van der Waals surface area contributed by atoms with Gasteiger partial charge in [-0.2, -0.15) is 0 Å². The molecule has 0 aliphatic rings. The standard InChI is InChI=1S/C12H18BrNO3S/c1-8(7-18(3)16)14-6-9-4-10(13)12(15)11(5-9)17-2/h4-5,8,14-15H,6-7H2,1-3H3. The van der Waals surface area contributed by atoms with Crippen LogP contribution < -0.4 is 10.1 Å². The largest absolute Gasteiger partial charge is 0.503 e. The Balaban J connectivity index is 2.68. The Hall–Kier alpha value is -0.590. The average Bonchev–Trinajstić information content (AvgIpc) is 2.29. The summed E-state index contributed by atoms with van der Waals surface area (Å²) in [5.74, 6) is 1.16. The van der Waals surface area contributed by atoms with Crippen molar-refractivity contribution >= 4 is 26.7 Å². The summed E-state index contributed by atoms with van der Waals surface area (Å²) in [6.07, 6.45) is 1.69. The molecule has 0 aromatic heterocycles. The van der Waals surface area contributed by atoms with Gasteiger partial charge >= 0.3 is 0 Å². The first-order chi connectivity index (χ1) is 8.43. The van der Waals surface area contributed by atoms with Gasteiger partial charge in [0.2, 0.25) is 0 Å². The molecule has 6 heteroatoms. The minimum atomic E-state index is -0.804. The van der Waals surface area contributed by atoms with Crippen molar-refractivity contribution in [1.82, 2.24) is 5.32 Å². The molecule has 1 rings (SSSR count). The molecule has 102 valence electrons. The summed E-state index contributed by atoms with van der Waals surface area (Å²) < 4.78 is 16.8. The molecular weight excluding hydrogens is 318 g/mol. The Morgan fingerprint density at radius 3 is 2.78 bits per heavy atom. The molecule has 0 saturated heterocycles. The molecule has 0 saturated carbocycles. The van der Waals surface area contributed by atoms with E-state index in [1.165, 1.54) is 7.11 Å². The second-order valence-corrected chi connectivity index (χ2v) is 6.48. The molecular formula is C12H18BrNO3S. The maximum atomic E-state index is 11.1. The summed E-state index contributed by atoms with van der Waals surface area (Å²) >= 11 is 3.28. The number of halogens is 1. The van der Waals surface area contributed by atoms with Crippen LogP contribution in [0.25, 0.3) is 0 Å². The number of phenolic OH excluding ortho intramolecular Hbond substituents is 1. The smallest absolute Gasteiger partial charge is 0.172 e. The average molecular weight is 336 g/mol. The van der Waals surface area contributed by atoms with Gasteiger partial charge in [0, 0.05) is 35.4 Å². The van der Waals surface area contributed by atoms with Crippen LogP contribution in [0.5, 0.6) is 11.5 Å². The topological polar surface area (TPSA) is 58.6 Å². The molecule has 2 atom stereocenters. The Bertz CT molecular complexity index is 440. The van der Waals surface area contributed by atoms with Gasteiger partial charge in [-0.25, -0.2) is 0 Å². The van der Waals surface area contributed by atoms with E-state index in [4.69, 9.17) is 4.74 Å². The zero-order chi connectivity index (χ0) is 13.7. The number of hydrogen-bond acceptors (Lipinski definition) is 4. The number of methoxy groups -OCH3 is 1. The van der Waals surface area contributed by atoms with E-state index in [0.29, 0.717) is 22.5 Å². The van der Waals surface area contributed by atoms with E-state index in [0.717, 1.165) is 5.56 Å². The molecule has 2 N–H and O–H groups in total. The van der Waals surface area contributed by atoms with E-state index in [1.54, 1.807) is 12.3 Å². The lowest BCUT2D eigenvalue weighted by atomic mass is 10.2. The highest BCUT2D eigenvalue weighted by Gasteiger charge is 2.09. The lowest BCUT2D eigenvalue weighted by molar-refractivity contribution is 0.371. The maximum absolute atomic E-state index is 11.1. The Kier molecular flexibility index (Phi) is 6.11. The van der Waals surface area contributed by atoms with E-state index in [2.05, 4.69) is 21.2 Å². The van der Waals surface area contributed by atoms with Gasteiger partial charge in [0.25, 0.3) is 0 Å². The number of aromatic hydroxyl groups is 1. The SMILES string of the molecule is COc1cc(CNC(C)CS(C)=O)cc(Br)c1O. The van der Waals surface area contributed by atoms with Crippen LogP contribution in [0, 0.1) is 0 Å². The molecule has 0 aliphatic heterocycles. The number of rotatable bonds is 6. The van der Waals surface area contributed by atoms with E-state index in [9.17, 15) is 9.32 Å². The zero-order valence-electron chi connectivity index (χ0n) is 10.7. The molecule has 1 aromatic carbocycles. The summed E-state index contributed by atoms with van der Waals surface area (Å²) in [6.45, 7) is 2.63. The van der Waals surface area contributed by atoms with E-state index < -0.39 is 10.8 Å². The van der Waals surface area contributed by atoms with Gasteiger partial charge in [0.1, 0.15) is 0 Å². The number of ether oxygens (including phenoxy) is 1. The van der Waals surface area contributed by atoms with Crippen molar-refractivity contribution in [1.29, 1.82) is 0 Å². The number of hydrogen-bond donors (Lipinski definition) is 2. The van der Waals surface area contributed by atoms with Gasteiger partial charge in [0.05, 0.1) is 11.6 Å². The summed E-state index contributed by atoms with van der Waals surface area (Å²) in [6, 6.07) is 3.79. The molecule has 0 radical (unpaired) electrons. The van der Waals surface area contributed by atoms with Gasteiger partial charge < -0.3 is 15.2 Å². The number of phenols is 1. The quantitative estimate of drug-likeness (QED) is 0.835. The molecule has 4 nitrogen and oxygen atoms in total. The van der Waals surface area contributed by atoms with Crippen molar-refractivity contribution in [2.75, 3.05) is 19.1 Å².